The number of para-hydroxylation sites is 1. The van der Waals surface area contributed by atoms with Crippen LogP contribution >= 0.6 is 11.6 Å². The first-order valence-electron chi connectivity index (χ1n) is 13.5. The number of amides is 2. The van der Waals surface area contributed by atoms with Crippen LogP contribution in [0.1, 0.15) is 49.9 Å². The van der Waals surface area contributed by atoms with E-state index in [9.17, 15) is 9.59 Å². The molecular formula is C31H33ClN6O2. The first kappa shape index (κ1) is 27.4. The van der Waals surface area contributed by atoms with Crippen LogP contribution in [0.15, 0.2) is 79.3 Å². The maximum absolute atomic E-state index is 13.7. The van der Waals surface area contributed by atoms with Gasteiger partial charge in [0.1, 0.15) is 0 Å². The molecule has 5 N–H and O–H groups in total. The summed E-state index contributed by atoms with van der Waals surface area (Å²) in [4.78, 5) is 33.2. The largest absolute Gasteiger partial charge is 0.403 e. The molecule has 0 radical (unpaired) electrons. The van der Waals surface area contributed by atoms with E-state index < -0.39 is 0 Å². The van der Waals surface area contributed by atoms with E-state index in [1.165, 1.54) is 11.2 Å². The summed E-state index contributed by atoms with van der Waals surface area (Å²) in [7, 11) is 0. The predicted octanol–water partition coefficient (Wildman–Crippen LogP) is 5.63. The number of nitrogens with one attached hydrogen (secondary N) is 1. The van der Waals surface area contributed by atoms with Gasteiger partial charge in [0.25, 0.3) is 0 Å². The molecule has 0 unspecified atom stereocenters. The molecular weight excluding hydrogens is 524 g/mol. The van der Waals surface area contributed by atoms with E-state index in [1.807, 2.05) is 60.4 Å². The zero-order valence-corrected chi connectivity index (χ0v) is 23.1. The third-order valence-electron chi connectivity index (χ3n) is 7.59. The minimum absolute atomic E-state index is 0.00349. The number of carbonyl (C=O) groups excluding carboxylic acids is 2. The van der Waals surface area contributed by atoms with Crippen LogP contribution in [0.2, 0.25) is 5.02 Å². The van der Waals surface area contributed by atoms with Gasteiger partial charge in [-0.1, -0.05) is 43.1 Å². The fourth-order valence-corrected chi connectivity index (χ4v) is 5.62. The van der Waals surface area contributed by atoms with Crippen LogP contribution in [-0.2, 0) is 9.59 Å². The number of halogens is 1. The highest BCUT2D eigenvalue weighted by Gasteiger charge is 2.30. The molecule has 8 nitrogen and oxygen atoms in total. The van der Waals surface area contributed by atoms with Crippen LogP contribution in [0.25, 0.3) is 16.7 Å². The van der Waals surface area contributed by atoms with Crippen LogP contribution in [-0.4, -0.2) is 28.2 Å². The smallest absolute Gasteiger partial charge is 0.247 e. The highest BCUT2D eigenvalue weighted by atomic mass is 35.5. The Labute approximate surface area is 239 Å². The van der Waals surface area contributed by atoms with Gasteiger partial charge in [0.05, 0.1) is 17.4 Å². The maximum Gasteiger partial charge on any atom is 0.247 e. The number of rotatable bonds is 4. The number of hydrogen-bond donors (Lipinski definition) is 3. The Kier molecular flexibility index (Phi) is 8.19. The fraction of sp³-hybridized carbons (Fsp3) is 0.258. The van der Waals surface area contributed by atoms with Gasteiger partial charge in [-0.3, -0.25) is 19.6 Å². The van der Waals surface area contributed by atoms with Crippen molar-refractivity contribution in [3.63, 3.8) is 0 Å². The number of anilines is 2. The van der Waals surface area contributed by atoms with E-state index in [1.54, 1.807) is 24.5 Å². The summed E-state index contributed by atoms with van der Waals surface area (Å²) in [6.45, 7) is 2.46. The Balaban J connectivity index is 1.51. The van der Waals surface area contributed by atoms with Crippen LogP contribution in [0.4, 0.5) is 11.4 Å². The van der Waals surface area contributed by atoms with Crippen LogP contribution in [0.3, 0.4) is 0 Å². The van der Waals surface area contributed by atoms with Crippen LogP contribution in [0, 0.1) is 5.92 Å². The molecule has 2 amide bonds. The Morgan fingerprint density at radius 1 is 1.10 bits per heavy atom. The summed E-state index contributed by atoms with van der Waals surface area (Å²) >= 11 is 6.33. The summed E-state index contributed by atoms with van der Waals surface area (Å²) in [5.41, 5.74) is 11.4. The molecule has 2 atom stereocenters. The van der Waals surface area contributed by atoms with Gasteiger partial charge in [0.2, 0.25) is 11.8 Å². The Hall–Kier alpha value is -4.14. The van der Waals surface area contributed by atoms with Gasteiger partial charge in [0.15, 0.2) is 0 Å². The van der Waals surface area contributed by atoms with Crippen LogP contribution in [0.5, 0.6) is 0 Å². The molecule has 40 heavy (non-hydrogen) atoms. The molecule has 2 aromatic carbocycles. The molecule has 3 heterocycles. The molecule has 0 saturated heterocycles. The lowest BCUT2D eigenvalue weighted by Gasteiger charge is -2.35. The third kappa shape index (κ3) is 5.73. The van der Waals surface area contributed by atoms with Crippen molar-refractivity contribution in [1.29, 1.82) is 0 Å². The molecule has 9 heteroatoms. The van der Waals surface area contributed by atoms with E-state index in [0.29, 0.717) is 36.5 Å². The number of nitrogens with zero attached hydrogens (tertiary/aromatic N) is 3. The lowest BCUT2D eigenvalue weighted by molar-refractivity contribution is -0.129. The number of benzene rings is 2. The number of hydrogen-bond acceptors (Lipinski definition) is 6. The zero-order chi connectivity index (χ0) is 28.2. The molecule has 2 bridgehead atoms. The maximum atomic E-state index is 13.7. The molecule has 206 valence electrons. The lowest BCUT2D eigenvalue weighted by Crippen LogP contribution is -2.38. The Morgan fingerprint density at radius 2 is 1.93 bits per heavy atom. The average molecular weight is 557 g/mol. The van der Waals surface area contributed by atoms with Crippen molar-refractivity contribution in [2.24, 2.45) is 17.5 Å². The van der Waals surface area contributed by atoms with Crippen molar-refractivity contribution < 1.29 is 9.59 Å². The average Bonchev–Trinajstić information content (AvgIpc) is 2.95. The summed E-state index contributed by atoms with van der Waals surface area (Å²) in [6.07, 6.45) is 9.16. The number of aromatic nitrogens is 1. The summed E-state index contributed by atoms with van der Waals surface area (Å²) in [6, 6.07) is 16.9. The number of pyridine rings is 1. The molecule has 3 aromatic rings. The number of fused-ring (bicyclic) bond motifs is 4. The Morgan fingerprint density at radius 3 is 2.73 bits per heavy atom. The molecule has 2 aliphatic rings. The fourth-order valence-electron chi connectivity index (χ4n) is 5.45. The predicted molar refractivity (Wildman–Crippen MR) is 160 cm³/mol. The van der Waals surface area contributed by atoms with Crippen molar-refractivity contribution in [3.05, 3.63) is 95.6 Å². The topological polar surface area (TPSA) is 118 Å². The highest BCUT2D eigenvalue weighted by Crippen LogP contribution is 2.38. The van der Waals surface area contributed by atoms with Gasteiger partial charge in [-0.05, 0) is 66.8 Å². The zero-order valence-electron chi connectivity index (χ0n) is 22.4. The third-order valence-corrected chi connectivity index (χ3v) is 7.82. The van der Waals surface area contributed by atoms with Crippen LogP contribution < -0.4 is 21.9 Å². The number of hydrazine groups is 1. The van der Waals surface area contributed by atoms with Crippen molar-refractivity contribution in [3.8, 4) is 11.1 Å². The molecule has 0 fully saturated rings. The van der Waals surface area contributed by atoms with Crippen molar-refractivity contribution >= 4 is 40.4 Å². The van der Waals surface area contributed by atoms with Gasteiger partial charge in [-0.15, -0.1) is 0 Å². The van der Waals surface area contributed by atoms with E-state index in [-0.39, 0.29) is 23.8 Å². The normalized spacial score (nSPS) is 19.8. The minimum atomic E-state index is -0.225. The Bertz CT molecular complexity index is 1490. The van der Waals surface area contributed by atoms with Gasteiger partial charge >= 0.3 is 0 Å². The minimum Gasteiger partial charge on any atom is -0.403 e. The monoisotopic (exact) mass is 556 g/mol. The molecule has 1 aromatic heterocycles. The first-order valence-corrected chi connectivity index (χ1v) is 13.8. The standard InChI is InChI=1S/C31H33ClN6O2/c1-20-5-4-8-29(27-17-21(11-14-35-27)24-6-2-3-7-26(24)36-31(20)40)37-15-12-22(18-30(37)39)25-19-23(32)9-10-28(25)38(34)16-13-33/h2-3,6-7,9-11,13-14,16-20,29H,4-5,8,12,15,33-34H2,1H3,(H,36,40)/b16-13-/t20-,29+/m1/s1. The lowest BCUT2D eigenvalue weighted by atomic mass is 9.92. The second-order valence-electron chi connectivity index (χ2n) is 10.2. The van der Waals surface area contributed by atoms with Gasteiger partial charge < -0.3 is 16.0 Å². The summed E-state index contributed by atoms with van der Waals surface area (Å²) in [5.74, 6) is 5.92. The van der Waals surface area contributed by atoms with E-state index >= 15 is 0 Å². The SMILES string of the molecule is C[C@@H]1CCC[C@H](N2CCC(c3cc(Cl)ccc3N(N)/C=C\N)=CC2=O)c2cc(ccn2)-c2ccccc2NC1=O. The van der Waals surface area contributed by atoms with Crippen molar-refractivity contribution in [2.45, 2.75) is 38.6 Å². The quantitative estimate of drug-likeness (QED) is 0.283. The van der Waals surface area contributed by atoms with Gasteiger partial charge in [-0.2, -0.15) is 0 Å². The van der Waals surface area contributed by atoms with Crippen molar-refractivity contribution in [2.75, 3.05) is 16.9 Å². The van der Waals surface area contributed by atoms with E-state index in [4.69, 9.17) is 28.2 Å². The molecule has 5 rings (SSSR count). The molecule has 0 spiro atoms. The second-order valence-corrected chi connectivity index (χ2v) is 10.6. The van der Waals surface area contributed by atoms with E-state index in [0.717, 1.165) is 40.1 Å². The van der Waals surface area contributed by atoms with Crippen molar-refractivity contribution in [1.82, 2.24) is 9.88 Å². The second kappa shape index (κ2) is 11.9. The molecule has 2 aliphatic heterocycles. The van der Waals surface area contributed by atoms with Gasteiger partial charge in [0, 0.05) is 59.0 Å². The summed E-state index contributed by atoms with van der Waals surface area (Å²) < 4.78 is 0. The first-order chi connectivity index (χ1) is 19.4. The highest BCUT2D eigenvalue weighted by molar-refractivity contribution is 6.31. The van der Waals surface area contributed by atoms with E-state index in [2.05, 4.69) is 5.32 Å². The molecule has 0 saturated carbocycles. The molecule has 0 aliphatic carbocycles. The summed E-state index contributed by atoms with van der Waals surface area (Å²) in [5, 5.41) is 5.07. The van der Waals surface area contributed by atoms with Gasteiger partial charge in [-0.25, -0.2) is 5.84 Å². The number of carbonyl (C=O) groups is 2. The number of nitrogens with two attached hydrogens (primary N) is 2.